The van der Waals surface area contributed by atoms with Crippen molar-refractivity contribution in [2.24, 2.45) is 0 Å². The van der Waals surface area contributed by atoms with Gasteiger partial charge < -0.3 is 19.1 Å². The highest BCUT2D eigenvalue weighted by Gasteiger charge is 2.22. The van der Waals surface area contributed by atoms with Gasteiger partial charge in [-0.25, -0.2) is 9.78 Å². The fourth-order valence-corrected chi connectivity index (χ4v) is 6.47. The van der Waals surface area contributed by atoms with Crippen molar-refractivity contribution in [3.63, 3.8) is 0 Å². The number of benzene rings is 3. The molecule has 3 heterocycles. The van der Waals surface area contributed by atoms with Gasteiger partial charge in [-0.05, 0) is 73.8 Å². The molecule has 1 fully saturated rings. The van der Waals surface area contributed by atoms with Gasteiger partial charge in [-0.3, -0.25) is 4.90 Å². The minimum atomic E-state index is -0.432. The van der Waals surface area contributed by atoms with Gasteiger partial charge in [0.05, 0.1) is 17.7 Å². The minimum absolute atomic E-state index is 0.204. The molecule has 3 aromatic carbocycles. The molecule has 0 amide bonds. The molecule has 0 atom stereocenters. The molecule has 212 valence electrons. The number of rotatable bonds is 11. The number of unbranched alkanes of at least 4 members (excludes halogenated alkanes) is 1. The van der Waals surface area contributed by atoms with Gasteiger partial charge in [0.1, 0.15) is 5.75 Å². The second-order valence-electron chi connectivity index (χ2n) is 10.3. The number of aromatic nitrogens is 1. The normalized spacial score (nSPS) is 15.1. The lowest BCUT2D eigenvalue weighted by Gasteiger charge is -2.37. The average Bonchev–Trinajstić information content (AvgIpc) is 3.51. The molecule has 1 saturated heterocycles. The first-order valence-corrected chi connectivity index (χ1v) is 15.3. The predicted molar refractivity (Wildman–Crippen MR) is 163 cm³/mol. The summed E-state index contributed by atoms with van der Waals surface area (Å²) < 4.78 is 16.8. The summed E-state index contributed by atoms with van der Waals surface area (Å²) in [6.45, 7) is 6.00. The lowest BCUT2D eigenvalue weighted by Crippen LogP contribution is -2.47. The molecule has 8 heteroatoms. The zero-order chi connectivity index (χ0) is 27.9. The minimum Gasteiger partial charge on any atom is -0.494 e. The van der Waals surface area contributed by atoms with Crippen LogP contribution in [0.15, 0.2) is 83.8 Å². The molecule has 0 radical (unpaired) electrons. The van der Waals surface area contributed by atoms with Crippen LogP contribution in [-0.4, -0.2) is 67.7 Å². The van der Waals surface area contributed by atoms with Crippen molar-refractivity contribution in [2.75, 3.05) is 56.8 Å². The van der Waals surface area contributed by atoms with Crippen LogP contribution >= 0.6 is 11.8 Å². The van der Waals surface area contributed by atoms with Crippen LogP contribution < -0.4 is 14.4 Å². The molecule has 0 aliphatic carbocycles. The average molecular weight is 570 g/mol. The zero-order valence-corrected chi connectivity index (χ0v) is 24.0. The van der Waals surface area contributed by atoms with Crippen molar-refractivity contribution < 1.29 is 19.0 Å². The molecule has 0 unspecified atom stereocenters. The number of piperazine rings is 1. The van der Waals surface area contributed by atoms with E-state index >= 15 is 0 Å². The molecule has 2 aliphatic rings. The molecule has 41 heavy (non-hydrogen) atoms. The number of pyridine rings is 1. The fraction of sp³-hybridized carbons (Fsp3) is 0.333. The highest BCUT2D eigenvalue weighted by Crippen LogP contribution is 2.37. The summed E-state index contributed by atoms with van der Waals surface area (Å²) in [5.41, 5.74) is 4.27. The van der Waals surface area contributed by atoms with E-state index in [0.717, 1.165) is 62.2 Å². The van der Waals surface area contributed by atoms with E-state index in [0.29, 0.717) is 18.1 Å². The third kappa shape index (κ3) is 6.94. The van der Waals surface area contributed by atoms with Crippen molar-refractivity contribution in [3.8, 4) is 11.6 Å². The molecule has 1 aromatic heterocycles. The summed E-state index contributed by atoms with van der Waals surface area (Å²) in [7, 11) is 0. The van der Waals surface area contributed by atoms with Gasteiger partial charge in [-0.1, -0.05) is 24.3 Å². The highest BCUT2D eigenvalue weighted by atomic mass is 32.2. The molecular weight excluding hydrogens is 534 g/mol. The summed E-state index contributed by atoms with van der Waals surface area (Å²) in [5, 5.41) is 0.990. The number of nitrogens with zero attached hydrogens (tertiary/aromatic N) is 3. The molecule has 0 bridgehead atoms. The second-order valence-corrected chi connectivity index (χ2v) is 11.4. The molecule has 2 aliphatic heterocycles. The van der Waals surface area contributed by atoms with E-state index in [9.17, 15) is 4.79 Å². The van der Waals surface area contributed by atoms with E-state index in [1.54, 1.807) is 35.9 Å². The van der Waals surface area contributed by atoms with E-state index in [-0.39, 0.29) is 6.79 Å². The monoisotopic (exact) mass is 569 g/mol. The first kappa shape index (κ1) is 27.4. The first-order valence-electron chi connectivity index (χ1n) is 14.3. The van der Waals surface area contributed by atoms with Crippen LogP contribution in [-0.2, 0) is 11.2 Å². The molecule has 4 aromatic rings. The summed E-state index contributed by atoms with van der Waals surface area (Å²) in [4.78, 5) is 23.3. The standard InChI is InChI=1S/C33H35N3O4S/c37-33(26-7-2-1-3-8-26)40-24-39-32-14-12-25-11-13-27(23-29(25)34-32)38-21-5-4-16-35-17-19-36(20-18-35)30-9-6-10-31-28(30)15-22-41-31/h1-3,6-14,23H,4-5,15-22,24H2. The maximum absolute atomic E-state index is 12.1. The van der Waals surface area contributed by atoms with Crippen molar-refractivity contribution >= 4 is 34.3 Å². The molecule has 7 nitrogen and oxygen atoms in total. The molecule has 0 saturated carbocycles. The van der Waals surface area contributed by atoms with Gasteiger partial charge in [0, 0.05) is 60.0 Å². The van der Waals surface area contributed by atoms with E-state index in [2.05, 4.69) is 33.0 Å². The van der Waals surface area contributed by atoms with E-state index < -0.39 is 5.97 Å². The number of thioether (sulfide) groups is 1. The van der Waals surface area contributed by atoms with Crippen LogP contribution in [0.1, 0.15) is 28.8 Å². The summed E-state index contributed by atoms with van der Waals surface area (Å²) in [6, 6.07) is 25.2. The first-order chi connectivity index (χ1) is 20.2. The van der Waals surface area contributed by atoms with Crippen molar-refractivity contribution in [2.45, 2.75) is 24.2 Å². The Morgan fingerprint density at radius 1 is 0.878 bits per heavy atom. The quantitative estimate of drug-likeness (QED) is 0.123. The van der Waals surface area contributed by atoms with Gasteiger partial charge in [0.2, 0.25) is 12.7 Å². The van der Waals surface area contributed by atoms with E-state index in [1.165, 1.54) is 22.8 Å². The van der Waals surface area contributed by atoms with E-state index in [4.69, 9.17) is 14.2 Å². The number of fused-ring (bicyclic) bond motifs is 2. The van der Waals surface area contributed by atoms with Crippen LogP contribution in [0, 0.1) is 0 Å². The Bertz CT molecular complexity index is 1470. The largest absolute Gasteiger partial charge is 0.494 e. The van der Waals surface area contributed by atoms with Crippen LogP contribution in [0.4, 0.5) is 5.69 Å². The number of carbonyl (C=O) groups excluding carboxylic acids is 1. The zero-order valence-electron chi connectivity index (χ0n) is 23.2. The Balaban J connectivity index is 0.913. The van der Waals surface area contributed by atoms with Crippen LogP contribution in [0.25, 0.3) is 10.9 Å². The van der Waals surface area contributed by atoms with Gasteiger partial charge in [-0.15, -0.1) is 11.8 Å². The number of esters is 1. The number of hydrogen-bond donors (Lipinski definition) is 0. The lowest BCUT2D eigenvalue weighted by atomic mass is 10.1. The third-order valence-corrected chi connectivity index (χ3v) is 8.71. The topological polar surface area (TPSA) is 64.1 Å². The fourth-order valence-electron chi connectivity index (χ4n) is 5.39. The van der Waals surface area contributed by atoms with Crippen molar-refractivity contribution in [1.82, 2.24) is 9.88 Å². The molecular formula is C33H35N3O4S. The Labute approximate surface area is 245 Å². The van der Waals surface area contributed by atoms with Gasteiger partial charge in [0.25, 0.3) is 0 Å². The van der Waals surface area contributed by atoms with Crippen molar-refractivity contribution in [1.29, 1.82) is 0 Å². The smallest absolute Gasteiger partial charge is 0.340 e. The van der Waals surface area contributed by atoms with Crippen LogP contribution in [0.5, 0.6) is 11.6 Å². The number of hydrogen-bond acceptors (Lipinski definition) is 8. The van der Waals surface area contributed by atoms with Crippen LogP contribution in [0.2, 0.25) is 0 Å². The molecule has 6 rings (SSSR count). The Morgan fingerprint density at radius 2 is 1.73 bits per heavy atom. The van der Waals surface area contributed by atoms with Crippen LogP contribution in [0.3, 0.4) is 0 Å². The number of carbonyl (C=O) groups is 1. The summed E-state index contributed by atoms with van der Waals surface area (Å²) >= 11 is 1.99. The maximum atomic E-state index is 12.1. The Morgan fingerprint density at radius 3 is 2.61 bits per heavy atom. The van der Waals surface area contributed by atoms with E-state index in [1.807, 2.05) is 42.1 Å². The molecule has 0 N–H and O–H groups in total. The lowest BCUT2D eigenvalue weighted by molar-refractivity contribution is 0.0142. The SMILES string of the molecule is O=C(OCOc1ccc2ccc(OCCCCN3CCN(c4cccc5c4CCS5)CC3)cc2n1)c1ccccc1. The van der Waals surface area contributed by atoms with Crippen molar-refractivity contribution in [3.05, 3.63) is 90.0 Å². The van der Waals surface area contributed by atoms with Gasteiger partial charge in [-0.2, -0.15) is 0 Å². The maximum Gasteiger partial charge on any atom is 0.340 e. The Hall–Kier alpha value is -3.75. The number of ether oxygens (including phenoxy) is 3. The second kappa shape index (κ2) is 13.3. The highest BCUT2D eigenvalue weighted by molar-refractivity contribution is 7.99. The molecule has 0 spiro atoms. The van der Waals surface area contributed by atoms with Gasteiger partial charge in [0.15, 0.2) is 0 Å². The Kier molecular flexibility index (Phi) is 8.88. The summed E-state index contributed by atoms with van der Waals surface area (Å²) in [5.74, 6) is 1.97. The predicted octanol–water partition coefficient (Wildman–Crippen LogP) is 6.06. The third-order valence-electron chi connectivity index (χ3n) is 7.61. The number of anilines is 1. The summed E-state index contributed by atoms with van der Waals surface area (Å²) in [6.07, 6.45) is 3.32. The van der Waals surface area contributed by atoms with Gasteiger partial charge >= 0.3 is 5.97 Å².